The van der Waals surface area contributed by atoms with Crippen LogP contribution in [0.4, 0.5) is 0 Å². The van der Waals surface area contributed by atoms with Gasteiger partial charge in [-0.1, -0.05) is 12.1 Å². The fourth-order valence-electron chi connectivity index (χ4n) is 2.86. The molecule has 0 atom stereocenters. The van der Waals surface area contributed by atoms with Crippen molar-refractivity contribution in [2.75, 3.05) is 21.3 Å². The Kier molecular flexibility index (Phi) is 5.35. The molecule has 0 aliphatic heterocycles. The Morgan fingerprint density at radius 2 is 1.71 bits per heavy atom. The number of carbonyl (C=O) groups excluding carboxylic acids is 1. The third kappa shape index (κ3) is 3.29. The monoisotopic (exact) mass is 382 g/mol. The average Bonchev–Trinajstić information content (AvgIpc) is 2.71. The SMILES string of the molecule is COc1ccc(/C=C/C(=O)c2c(O)c3ccccc3oc2=O)c(OC)c1OC. The van der Waals surface area contributed by atoms with Crippen molar-refractivity contribution >= 4 is 22.8 Å². The van der Waals surface area contributed by atoms with Crippen molar-refractivity contribution in [1.29, 1.82) is 0 Å². The second-order valence-electron chi connectivity index (χ2n) is 5.73. The lowest BCUT2D eigenvalue weighted by atomic mass is 10.1. The van der Waals surface area contributed by atoms with E-state index in [1.54, 1.807) is 30.3 Å². The molecule has 0 radical (unpaired) electrons. The zero-order chi connectivity index (χ0) is 20.3. The minimum absolute atomic E-state index is 0.201. The highest BCUT2D eigenvalue weighted by Gasteiger charge is 2.19. The molecule has 0 unspecified atom stereocenters. The molecule has 0 saturated heterocycles. The Balaban J connectivity index is 2.04. The third-order valence-electron chi connectivity index (χ3n) is 4.18. The number of para-hydroxylation sites is 1. The van der Waals surface area contributed by atoms with Gasteiger partial charge in [0.15, 0.2) is 17.3 Å². The number of benzene rings is 2. The number of hydrogen-bond donors (Lipinski definition) is 1. The molecule has 0 fully saturated rings. The first-order valence-electron chi connectivity index (χ1n) is 8.28. The third-order valence-corrected chi connectivity index (χ3v) is 4.18. The van der Waals surface area contributed by atoms with Crippen LogP contribution >= 0.6 is 0 Å². The Hall–Kier alpha value is -3.74. The molecule has 3 rings (SSSR count). The highest BCUT2D eigenvalue weighted by Crippen LogP contribution is 2.40. The first-order chi connectivity index (χ1) is 13.5. The van der Waals surface area contributed by atoms with Gasteiger partial charge in [0.2, 0.25) is 5.75 Å². The Bertz CT molecular complexity index is 1130. The minimum atomic E-state index is -0.912. The fraction of sp³-hybridized carbons (Fsp3) is 0.143. The summed E-state index contributed by atoms with van der Waals surface area (Å²) in [6.07, 6.45) is 2.61. The molecule has 3 aromatic rings. The van der Waals surface area contributed by atoms with Crippen molar-refractivity contribution in [3.05, 3.63) is 64.0 Å². The van der Waals surface area contributed by atoms with Gasteiger partial charge in [-0.15, -0.1) is 0 Å². The second kappa shape index (κ2) is 7.87. The van der Waals surface area contributed by atoms with Crippen LogP contribution in [0.1, 0.15) is 15.9 Å². The highest BCUT2D eigenvalue weighted by molar-refractivity contribution is 6.10. The lowest BCUT2D eigenvalue weighted by Gasteiger charge is -2.13. The molecule has 2 aromatic carbocycles. The predicted molar refractivity (Wildman–Crippen MR) is 104 cm³/mol. The van der Waals surface area contributed by atoms with Crippen LogP contribution in [0.2, 0.25) is 0 Å². The van der Waals surface area contributed by atoms with Crippen LogP contribution in [-0.4, -0.2) is 32.2 Å². The van der Waals surface area contributed by atoms with Crippen molar-refractivity contribution < 1.29 is 28.5 Å². The minimum Gasteiger partial charge on any atom is -0.506 e. The zero-order valence-electron chi connectivity index (χ0n) is 15.5. The maximum atomic E-state index is 12.6. The predicted octanol–water partition coefficient (Wildman–Crippen LogP) is 3.42. The van der Waals surface area contributed by atoms with Gasteiger partial charge in [0.05, 0.1) is 26.7 Å². The molecule has 1 N–H and O–H groups in total. The fourth-order valence-corrected chi connectivity index (χ4v) is 2.86. The number of aromatic hydroxyl groups is 1. The van der Waals surface area contributed by atoms with Crippen LogP contribution < -0.4 is 19.8 Å². The highest BCUT2D eigenvalue weighted by atomic mass is 16.5. The second-order valence-corrected chi connectivity index (χ2v) is 5.73. The van der Waals surface area contributed by atoms with Crippen LogP contribution in [0.3, 0.4) is 0 Å². The van der Waals surface area contributed by atoms with Crippen LogP contribution in [-0.2, 0) is 0 Å². The molecular weight excluding hydrogens is 364 g/mol. The van der Waals surface area contributed by atoms with Crippen LogP contribution in [0, 0.1) is 0 Å². The summed E-state index contributed by atoms with van der Waals surface area (Å²) in [5, 5.41) is 10.7. The summed E-state index contributed by atoms with van der Waals surface area (Å²) in [6, 6.07) is 9.76. The summed E-state index contributed by atoms with van der Waals surface area (Å²) in [5.74, 6) is 0.0820. The van der Waals surface area contributed by atoms with Crippen molar-refractivity contribution in [3.8, 4) is 23.0 Å². The Morgan fingerprint density at radius 1 is 1.00 bits per heavy atom. The van der Waals surface area contributed by atoms with E-state index in [0.717, 1.165) is 6.08 Å². The Morgan fingerprint density at radius 3 is 2.39 bits per heavy atom. The molecule has 1 heterocycles. The Labute approximate surface area is 160 Å². The summed E-state index contributed by atoms with van der Waals surface area (Å²) in [4.78, 5) is 24.7. The smallest absolute Gasteiger partial charge is 0.351 e. The number of carbonyl (C=O) groups is 1. The lowest BCUT2D eigenvalue weighted by molar-refractivity contribution is 0.104. The molecule has 1 aromatic heterocycles. The zero-order valence-corrected chi connectivity index (χ0v) is 15.5. The molecule has 28 heavy (non-hydrogen) atoms. The summed E-state index contributed by atoms with van der Waals surface area (Å²) in [5.41, 5.74) is -0.621. The quantitative estimate of drug-likeness (QED) is 0.396. The molecule has 0 aliphatic carbocycles. The van der Waals surface area contributed by atoms with E-state index >= 15 is 0 Å². The van der Waals surface area contributed by atoms with E-state index in [0.29, 0.717) is 22.8 Å². The number of allylic oxidation sites excluding steroid dienone is 1. The number of ether oxygens (including phenoxy) is 3. The van der Waals surface area contributed by atoms with Gasteiger partial charge in [0.1, 0.15) is 16.9 Å². The van der Waals surface area contributed by atoms with E-state index in [-0.39, 0.29) is 11.0 Å². The van der Waals surface area contributed by atoms with Crippen molar-refractivity contribution in [3.63, 3.8) is 0 Å². The van der Waals surface area contributed by atoms with Gasteiger partial charge < -0.3 is 23.7 Å². The molecule has 7 nitrogen and oxygen atoms in total. The van der Waals surface area contributed by atoms with Gasteiger partial charge >= 0.3 is 5.63 Å². The molecular formula is C21H18O7. The number of fused-ring (bicyclic) bond motifs is 1. The average molecular weight is 382 g/mol. The summed E-state index contributed by atoms with van der Waals surface area (Å²) in [7, 11) is 4.43. The molecule has 0 aliphatic rings. The van der Waals surface area contributed by atoms with E-state index in [1.807, 2.05) is 0 Å². The van der Waals surface area contributed by atoms with E-state index in [2.05, 4.69) is 0 Å². The number of methoxy groups -OCH3 is 3. The number of rotatable bonds is 6. The normalized spacial score (nSPS) is 11.0. The molecule has 0 amide bonds. The van der Waals surface area contributed by atoms with E-state index in [4.69, 9.17) is 18.6 Å². The van der Waals surface area contributed by atoms with Gasteiger partial charge in [-0.25, -0.2) is 4.79 Å². The maximum absolute atomic E-state index is 12.6. The summed E-state index contributed by atoms with van der Waals surface area (Å²) in [6.45, 7) is 0. The van der Waals surface area contributed by atoms with Crippen molar-refractivity contribution in [2.24, 2.45) is 0 Å². The summed E-state index contributed by atoms with van der Waals surface area (Å²) < 4.78 is 21.0. The maximum Gasteiger partial charge on any atom is 0.351 e. The standard InChI is InChI=1S/C21H18O7/c1-25-16-11-9-12(19(26-2)20(16)27-3)8-10-14(22)17-18(23)13-6-4-5-7-15(13)28-21(17)24/h4-11,23H,1-3H3/b10-8+. The summed E-state index contributed by atoms with van der Waals surface area (Å²) >= 11 is 0. The van der Waals surface area contributed by atoms with Crippen LogP contribution in [0.25, 0.3) is 17.0 Å². The van der Waals surface area contributed by atoms with E-state index in [9.17, 15) is 14.7 Å². The largest absolute Gasteiger partial charge is 0.506 e. The molecule has 0 spiro atoms. The topological polar surface area (TPSA) is 95.2 Å². The van der Waals surface area contributed by atoms with Gasteiger partial charge in [-0.05, 0) is 36.4 Å². The van der Waals surface area contributed by atoms with E-state index < -0.39 is 22.7 Å². The molecule has 0 bridgehead atoms. The molecule has 144 valence electrons. The van der Waals surface area contributed by atoms with Gasteiger partial charge in [-0.3, -0.25) is 4.79 Å². The van der Waals surface area contributed by atoms with Gasteiger partial charge in [0.25, 0.3) is 0 Å². The first kappa shape index (κ1) is 19.0. The first-order valence-corrected chi connectivity index (χ1v) is 8.28. The van der Waals surface area contributed by atoms with Crippen LogP contribution in [0.15, 0.2) is 51.7 Å². The van der Waals surface area contributed by atoms with Gasteiger partial charge in [-0.2, -0.15) is 0 Å². The van der Waals surface area contributed by atoms with Gasteiger partial charge in [0, 0.05) is 5.56 Å². The van der Waals surface area contributed by atoms with Crippen LogP contribution in [0.5, 0.6) is 23.0 Å². The van der Waals surface area contributed by atoms with Crippen molar-refractivity contribution in [1.82, 2.24) is 0 Å². The lowest BCUT2D eigenvalue weighted by Crippen LogP contribution is -2.12. The van der Waals surface area contributed by atoms with Crippen molar-refractivity contribution in [2.45, 2.75) is 0 Å². The molecule has 0 saturated carbocycles. The number of ketones is 1. The number of hydrogen-bond acceptors (Lipinski definition) is 7. The molecule has 7 heteroatoms. The van der Waals surface area contributed by atoms with E-state index in [1.165, 1.54) is 33.5 Å².